The topological polar surface area (TPSA) is 96.8 Å². The van der Waals surface area contributed by atoms with Crippen molar-refractivity contribution >= 4 is 23.7 Å². The van der Waals surface area contributed by atoms with Crippen molar-refractivity contribution in [2.75, 3.05) is 0 Å². The summed E-state index contributed by atoms with van der Waals surface area (Å²) in [6, 6.07) is 0. The molecule has 0 bridgehead atoms. The summed E-state index contributed by atoms with van der Waals surface area (Å²) in [5, 5.41) is 0. The summed E-state index contributed by atoms with van der Waals surface area (Å²) in [5.41, 5.74) is -1.94. The highest BCUT2D eigenvalue weighted by molar-refractivity contribution is 6.99. The van der Waals surface area contributed by atoms with Gasteiger partial charge < -0.3 is 0 Å². The average Bonchev–Trinajstić information content (AvgIpc) is 2.80. The van der Waals surface area contributed by atoms with E-state index in [0.717, 1.165) is 0 Å². The molecule has 0 aliphatic heterocycles. The molecule has 8 nitrogen and oxygen atoms in total. The van der Waals surface area contributed by atoms with Gasteiger partial charge in [-0.15, -0.1) is 0 Å². The first-order chi connectivity index (χ1) is 9.49. The van der Waals surface area contributed by atoms with Crippen molar-refractivity contribution in [3.05, 3.63) is 11.4 Å². The van der Waals surface area contributed by atoms with Gasteiger partial charge in [-0.1, -0.05) is 0 Å². The van der Waals surface area contributed by atoms with Crippen LogP contribution >= 0.6 is 11.7 Å². The molecule has 1 aromatic heterocycles. The van der Waals surface area contributed by atoms with Gasteiger partial charge in [-0.2, -0.15) is 18.5 Å². The van der Waals surface area contributed by atoms with E-state index in [2.05, 4.69) is 18.5 Å². The Hall–Kier alpha value is -1.58. The van der Waals surface area contributed by atoms with E-state index in [1.54, 1.807) is 41.5 Å². The number of hydrogen-bond donors (Lipinski definition) is 0. The Labute approximate surface area is 126 Å². The monoisotopic (exact) mass is 318 g/mol. The van der Waals surface area contributed by atoms with E-state index in [1.165, 1.54) is 0 Å². The summed E-state index contributed by atoms with van der Waals surface area (Å²) in [6.07, 6.45) is 0. The summed E-state index contributed by atoms with van der Waals surface area (Å²) in [5.74, 6) is -1.86. The molecule has 9 heteroatoms. The minimum absolute atomic E-state index is 0.285. The molecule has 0 fully saturated rings. The van der Waals surface area contributed by atoms with Crippen molar-refractivity contribution in [2.45, 2.75) is 52.7 Å². The summed E-state index contributed by atoms with van der Waals surface area (Å²) in [4.78, 5) is 42.5. The van der Waals surface area contributed by atoms with Crippen molar-refractivity contribution in [3.8, 4) is 0 Å². The normalized spacial score (nSPS) is 12.1. The van der Waals surface area contributed by atoms with Crippen LogP contribution in [-0.2, 0) is 19.6 Å². The molecular weight excluding hydrogens is 300 g/mol. The zero-order chi connectivity index (χ0) is 16.3. The van der Waals surface area contributed by atoms with Crippen molar-refractivity contribution in [1.82, 2.24) is 8.75 Å². The highest BCUT2D eigenvalue weighted by Gasteiger charge is 2.28. The predicted octanol–water partition coefficient (Wildman–Crippen LogP) is 2.31. The minimum Gasteiger partial charge on any atom is -0.290 e. The second-order valence-corrected chi connectivity index (χ2v) is 6.62. The smallest absolute Gasteiger partial charge is 0.290 e. The van der Waals surface area contributed by atoms with Crippen LogP contribution in [0, 0.1) is 0 Å². The molecule has 1 rings (SSSR count). The summed E-state index contributed by atoms with van der Waals surface area (Å²) in [7, 11) is 0. The summed E-state index contributed by atoms with van der Waals surface area (Å²) in [6.45, 7) is 10.2. The fourth-order valence-electron chi connectivity index (χ4n) is 0.861. The van der Waals surface area contributed by atoms with E-state index in [9.17, 15) is 9.59 Å². The highest BCUT2D eigenvalue weighted by Crippen LogP contribution is 2.15. The second kappa shape index (κ2) is 6.46. The van der Waals surface area contributed by atoms with Crippen molar-refractivity contribution in [2.24, 2.45) is 0 Å². The second-order valence-electron chi connectivity index (χ2n) is 6.09. The van der Waals surface area contributed by atoms with Crippen molar-refractivity contribution in [1.29, 1.82) is 0 Å². The molecule has 118 valence electrons. The van der Waals surface area contributed by atoms with E-state index in [1.807, 2.05) is 0 Å². The minimum atomic E-state index is -0.929. The van der Waals surface area contributed by atoms with Crippen LogP contribution in [0.25, 0.3) is 0 Å². The molecule has 0 radical (unpaired) electrons. The number of nitrogens with zero attached hydrogens (tertiary/aromatic N) is 2. The molecule has 0 aromatic carbocycles. The molecule has 1 heterocycles. The summed E-state index contributed by atoms with van der Waals surface area (Å²) >= 11 is 0.677. The molecule has 0 amide bonds. The first-order valence-electron chi connectivity index (χ1n) is 6.12. The standard InChI is InChI=1S/C12H18N2O6S/c1-11(2,3)19-17-9(15)7-8(14-21-13-7)10(16)18-20-12(4,5)6/h1-6H3. The number of carbonyl (C=O) groups is 2. The lowest BCUT2D eigenvalue weighted by Crippen LogP contribution is -2.24. The Kier molecular flexibility index (Phi) is 5.37. The van der Waals surface area contributed by atoms with E-state index < -0.39 is 23.1 Å². The fraction of sp³-hybridized carbons (Fsp3) is 0.667. The first-order valence-corrected chi connectivity index (χ1v) is 6.85. The molecule has 0 unspecified atom stereocenters. The predicted molar refractivity (Wildman–Crippen MR) is 72.4 cm³/mol. The first kappa shape index (κ1) is 17.5. The lowest BCUT2D eigenvalue weighted by Gasteiger charge is -2.16. The molecule has 1 aromatic rings. The maximum Gasteiger partial charge on any atom is 0.394 e. The van der Waals surface area contributed by atoms with Gasteiger partial charge in [0.05, 0.1) is 11.7 Å². The average molecular weight is 318 g/mol. The van der Waals surface area contributed by atoms with Gasteiger partial charge in [0.25, 0.3) is 0 Å². The van der Waals surface area contributed by atoms with E-state index in [0.29, 0.717) is 11.7 Å². The van der Waals surface area contributed by atoms with Crippen LogP contribution in [0.1, 0.15) is 62.5 Å². The maximum absolute atomic E-state index is 11.8. The van der Waals surface area contributed by atoms with Gasteiger partial charge in [-0.05, 0) is 41.5 Å². The van der Waals surface area contributed by atoms with Crippen LogP contribution in [0.4, 0.5) is 0 Å². The Morgan fingerprint density at radius 1 is 0.810 bits per heavy atom. The van der Waals surface area contributed by atoms with Crippen LogP contribution in [0.5, 0.6) is 0 Å². The third-order valence-corrected chi connectivity index (χ3v) is 2.14. The highest BCUT2D eigenvalue weighted by atomic mass is 32.1. The third-order valence-electron chi connectivity index (χ3n) is 1.61. The molecule has 0 aliphatic carbocycles. The van der Waals surface area contributed by atoms with E-state index in [-0.39, 0.29) is 11.4 Å². The molecule has 21 heavy (non-hydrogen) atoms. The molecule has 0 atom stereocenters. The Morgan fingerprint density at radius 2 is 1.14 bits per heavy atom. The van der Waals surface area contributed by atoms with Gasteiger partial charge in [-0.3, -0.25) is 9.78 Å². The quantitative estimate of drug-likeness (QED) is 0.616. The lowest BCUT2D eigenvalue weighted by atomic mass is 10.2. The largest absolute Gasteiger partial charge is 0.394 e. The zero-order valence-electron chi connectivity index (χ0n) is 12.8. The van der Waals surface area contributed by atoms with E-state index >= 15 is 0 Å². The third kappa shape index (κ3) is 6.15. The molecule has 0 saturated heterocycles. The van der Waals surface area contributed by atoms with Crippen LogP contribution in [0.2, 0.25) is 0 Å². The molecule has 0 N–H and O–H groups in total. The molecular formula is C12H18N2O6S. The van der Waals surface area contributed by atoms with Crippen molar-refractivity contribution < 1.29 is 29.1 Å². The Morgan fingerprint density at radius 3 is 1.43 bits per heavy atom. The van der Waals surface area contributed by atoms with E-state index in [4.69, 9.17) is 9.78 Å². The summed E-state index contributed by atoms with van der Waals surface area (Å²) < 4.78 is 7.40. The van der Waals surface area contributed by atoms with Gasteiger partial charge in [0.2, 0.25) is 0 Å². The molecule has 0 saturated carbocycles. The molecule has 0 aliphatic rings. The Balaban J connectivity index is 2.72. The van der Waals surface area contributed by atoms with Gasteiger partial charge >= 0.3 is 11.9 Å². The number of rotatable bonds is 4. The zero-order valence-corrected chi connectivity index (χ0v) is 13.6. The van der Waals surface area contributed by atoms with Crippen LogP contribution in [-0.4, -0.2) is 31.9 Å². The van der Waals surface area contributed by atoms with Gasteiger partial charge in [-0.25, -0.2) is 9.59 Å². The number of aromatic nitrogens is 2. The van der Waals surface area contributed by atoms with Gasteiger partial charge in [0.15, 0.2) is 11.4 Å². The fourth-order valence-corrected chi connectivity index (χ4v) is 1.39. The van der Waals surface area contributed by atoms with Crippen LogP contribution in [0.3, 0.4) is 0 Å². The van der Waals surface area contributed by atoms with Gasteiger partial charge in [0, 0.05) is 0 Å². The SMILES string of the molecule is CC(C)(C)OOC(=O)c1nsnc1C(=O)OOC(C)(C)C. The molecule has 0 spiro atoms. The lowest BCUT2D eigenvalue weighted by molar-refractivity contribution is -0.302. The van der Waals surface area contributed by atoms with Crippen molar-refractivity contribution in [3.63, 3.8) is 0 Å². The van der Waals surface area contributed by atoms with Crippen LogP contribution in [0.15, 0.2) is 0 Å². The maximum atomic E-state index is 11.8. The van der Waals surface area contributed by atoms with Gasteiger partial charge in [0.1, 0.15) is 11.2 Å². The number of hydrogen-bond acceptors (Lipinski definition) is 9. The van der Waals surface area contributed by atoms with Crippen LogP contribution < -0.4 is 0 Å². The number of carbonyl (C=O) groups excluding carboxylic acids is 2. The Bertz CT molecular complexity index is 470.